The highest BCUT2D eigenvalue weighted by Crippen LogP contribution is 2.32. The third-order valence-corrected chi connectivity index (χ3v) is 3.36. The number of ether oxygens (including phenoxy) is 2. The lowest BCUT2D eigenvalue weighted by Crippen LogP contribution is -2.11. The Balaban J connectivity index is 2.32. The van der Waals surface area contributed by atoms with Gasteiger partial charge in [-0.05, 0) is 34.1 Å². The van der Waals surface area contributed by atoms with Gasteiger partial charge in [-0.15, -0.1) is 0 Å². The molecule has 6 nitrogen and oxygen atoms in total. The van der Waals surface area contributed by atoms with Crippen LogP contribution in [0, 0.1) is 0 Å². The Bertz CT molecular complexity index is 634. The number of hydrazine groups is 1. The summed E-state index contributed by atoms with van der Waals surface area (Å²) in [6.45, 7) is 4.01. The molecular weight excluding hydrogens is 336 g/mol. The third kappa shape index (κ3) is 3.83. The number of aromatic nitrogens is 2. The van der Waals surface area contributed by atoms with Gasteiger partial charge in [0.25, 0.3) is 0 Å². The predicted molar refractivity (Wildman–Crippen MR) is 84.7 cm³/mol. The molecule has 0 amide bonds. The van der Waals surface area contributed by atoms with Gasteiger partial charge in [0.2, 0.25) is 5.88 Å². The molecule has 0 aliphatic carbocycles. The van der Waals surface area contributed by atoms with Gasteiger partial charge >= 0.3 is 0 Å². The van der Waals surface area contributed by atoms with E-state index in [9.17, 15) is 0 Å². The van der Waals surface area contributed by atoms with Crippen molar-refractivity contribution in [2.45, 2.75) is 19.8 Å². The Labute approximate surface area is 131 Å². The Morgan fingerprint density at radius 3 is 2.57 bits per heavy atom. The Morgan fingerprint density at radius 2 is 2.00 bits per heavy atom. The molecule has 21 heavy (non-hydrogen) atoms. The number of methoxy groups -OCH3 is 1. The highest BCUT2D eigenvalue weighted by molar-refractivity contribution is 9.10. The van der Waals surface area contributed by atoms with E-state index in [0.717, 1.165) is 10.2 Å². The molecule has 0 aliphatic rings. The predicted octanol–water partition coefficient (Wildman–Crippen LogP) is 3.45. The fourth-order valence-corrected chi connectivity index (χ4v) is 2.07. The molecule has 2 aromatic rings. The van der Waals surface area contributed by atoms with Gasteiger partial charge in [-0.2, -0.15) is 4.98 Å². The first-order valence-electron chi connectivity index (χ1n) is 6.40. The van der Waals surface area contributed by atoms with E-state index in [1.54, 1.807) is 19.2 Å². The molecule has 0 saturated heterocycles. The van der Waals surface area contributed by atoms with Gasteiger partial charge in [-0.3, -0.25) is 0 Å². The number of halogens is 1. The standard InChI is InChI=1S/C14H17BrN4O2/c1-8(2)14-17-12(19-16)7-13(18-14)21-11-5-4-9(20-3)6-10(11)15/h4-8H,16H2,1-3H3,(H,17,18,19). The fourth-order valence-electron chi connectivity index (χ4n) is 1.63. The molecule has 2 rings (SSSR count). The quantitative estimate of drug-likeness (QED) is 0.633. The van der Waals surface area contributed by atoms with E-state index in [2.05, 4.69) is 31.3 Å². The van der Waals surface area contributed by atoms with E-state index >= 15 is 0 Å². The second-order valence-corrected chi connectivity index (χ2v) is 5.50. The van der Waals surface area contributed by atoms with Gasteiger partial charge in [0.15, 0.2) is 0 Å². The number of rotatable bonds is 5. The van der Waals surface area contributed by atoms with Crippen LogP contribution >= 0.6 is 15.9 Å². The monoisotopic (exact) mass is 352 g/mol. The molecule has 0 unspecified atom stereocenters. The molecule has 0 bridgehead atoms. The molecule has 0 atom stereocenters. The SMILES string of the molecule is COc1ccc(Oc2cc(NN)nc(C(C)C)n2)c(Br)c1. The molecule has 1 heterocycles. The van der Waals surface area contributed by atoms with E-state index in [4.69, 9.17) is 15.3 Å². The molecule has 1 aromatic heterocycles. The minimum Gasteiger partial charge on any atom is -0.497 e. The zero-order valence-electron chi connectivity index (χ0n) is 12.1. The van der Waals surface area contributed by atoms with Crippen LogP contribution in [0.2, 0.25) is 0 Å². The van der Waals surface area contributed by atoms with Crippen LogP contribution in [0.1, 0.15) is 25.6 Å². The van der Waals surface area contributed by atoms with Gasteiger partial charge in [0.1, 0.15) is 23.1 Å². The van der Waals surface area contributed by atoms with Crippen molar-refractivity contribution in [1.29, 1.82) is 0 Å². The van der Waals surface area contributed by atoms with Crippen molar-refractivity contribution in [3.05, 3.63) is 34.6 Å². The van der Waals surface area contributed by atoms with Crippen LogP contribution in [-0.2, 0) is 0 Å². The van der Waals surface area contributed by atoms with Crippen LogP contribution < -0.4 is 20.7 Å². The van der Waals surface area contributed by atoms with E-state index in [1.807, 2.05) is 26.0 Å². The summed E-state index contributed by atoms with van der Waals surface area (Å²) in [5, 5.41) is 0. The van der Waals surface area contributed by atoms with Crippen LogP contribution in [0.15, 0.2) is 28.7 Å². The number of hydrogen-bond donors (Lipinski definition) is 2. The van der Waals surface area contributed by atoms with Gasteiger partial charge < -0.3 is 14.9 Å². The molecule has 7 heteroatoms. The van der Waals surface area contributed by atoms with Crippen molar-refractivity contribution >= 4 is 21.7 Å². The number of nitrogens with two attached hydrogens (primary N) is 1. The van der Waals surface area contributed by atoms with Crippen molar-refractivity contribution in [1.82, 2.24) is 9.97 Å². The average molecular weight is 353 g/mol. The van der Waals surface area contributed by atoms with Gasteiger partial charge in [-0.25, -0.2) is 10.8 Å². The second-order valence-electron chi connectivity index (χ2n) is 4.65. The topological polar surface area (TPSA) is 82.3 Å². The molecular formula is C14H17BrN4O2. The summed E-state index contributed by atoms with van der Waals surface area (Å²) in [6.07, 6.45) is 0. The van der Waals surface area contributed by atoms with Gasteiger partial charge in [0, 0.05) is 12.0 Å². The molecule has 0 fully saturated rings. The van der Waals surface area contributed by atoms with Crippen LogP contribution in [-0.4, -0.2) is 17.1 Å². The molecule has 0 spiro atoms. The lowest BCUT2D eigenvalue weighted by Gasteiger charge is -2.12. The number of anilines is 1. The van der Waals surface area contributed by atoms with E-state index < -0.39 is 0 Å². The van der Waals surface area contributed by atoms with Gasteiger partial charge in [-0.1, -0.05) is 13.8 Å². The summed E-state index contributed by atoms with van der Waals surface area (Å²) in [4.78, 5) is 8.66. The summed E-state index contributed by atoms with van der Waals surface area (Å²) in [6, 6.07) is 7.08. The maximum atomic E-state index is 5.79. The lowest BCUT2D eigenvalue weighted by molar-refractivity contribution is 0.411. The summed E-state index contributed by atoms with van der Waals surface area (Å²) in [5.41, 5.74) is 2.52. The number of hydrogen-bond acceptors (Lipinski definition) is 6. The zero-order chi connectivity index (χ0) is 15.4. The number of nitrogens with one attached hydrogen (secondary N) is 1. The second kappa shape index (κ2) is 6.73. The zero-order valence-corrected chi connectivity index (χ0v) is 13.6. The van der Waals surface area contributed by atoms with E-state index in [0.29, 0.717) is 23.3 Å². The minimum atomic E-state index is 0.167. The highest BCUT2D eigenvalue weighted by atomic mass is 79.9. The Hall–Kier alpha value is -1.86. The Morgan fingerprint density at radius 1 is 1.24 bits per heavy atom. The molecule has 112 valence electrons. The van der Waals surface area contributed by atoms with Crippen molar-refractivity contribution in [3.63, 3.8) is 0 Å². The maximum Gasteiger partial charge on any atom is 0.224 e. The van der Waals surface area contributed by atoms with E-state index in [-0.39, 0.29) is 5.92 Å². The smallest absolute Gasteiger partial charge is 0.224 e. The lowest BCUT2D eigenvalue weighted by atomic mass is 10.2. The minimum absolute atomic E-state index is 0.167. The van der Waals surface area contributed by atoms with Crippen molar-refractivity contribution in [2.75, 3.05) is 12.5 Å². The van der Waals surface area contributed by atoms with E-state index in [1.165, 1.54) is 0 Å². The number of nitrogen functional groups attached to an aromatic ring is 1. The van der Waals surface area contributed by atoms with Gasteiger partial charge in [0.05, 0.1) is 11.6 Å². The Kier molecular flexibility index (Phi) is 4.98. The number of benzene rings is 1. The normalized spacial score (nSPS) is 10.6. The first-order valence-corrected chi connectivity index (χ1v) is 7.19. The molecule has 3 N–H and O–H groups in total. The molecule has 0 saturated carbocycles. The maximum absolute atomic E-state index is 5.79. The number of nitrogens with zero attached hydrogens (tertiary/aromatic N) is 2. The van der Waals surface area contributed by atoms with Crippen LogP contribution in [0.25, 0.3) is 0 Å². The first-order chi connectivity index (χ1) is 10.0. The van der Waals surface area contributed by atoms with Crippen molar-refractivity contribution in [2.24, 2.45) is 5.84 Å². The fraction of sp³-hybridized carbons (Fsp3) is 0.286. The molecule has 0 radical (unpaired) electrons. The average Bonchev–Trinajstić information content (AvgIpc) is 2.48. The third-order valence-electron chi connectivity index (χ3n) is 2.74. The van der Waals surface area contributed by atoms with Crippen LogP contribution in [0.4, 0.5) is 5.82 Å². The van der Waals surface area contributed by atoms with Crippen LogP contribution in [0.3, 0.4) is 0 Å². The van der Waals surface area contributed by atoms with Crippen molar-refractivity contribution < 1.29 is 9.47 Å². The summed E-state index contributed by atoms with van der Waals surface area (Å²) >= 11 is 3.44. The summed E-state index contributed by atoms with van der Waals surface area (Å²) in [5.74, 6) is 8.55. The summed E-state index contributed by atoms with van der Waals surface area (Å²) in [7, 11) is 1.61. The molecule has 1 aromatic carbocycles. The van der Waals surface area contributed by atoms with Crippen LogP contribution in [0.5, 0.6) is 17.4 Å². The first kappa shape index (κ1) is 15.5. The molecule has 0 aliphatic heterocycles. The largest absolute Gasteiger partial charge is 0.497 e. The highest BCUT2D eigenvalue weighted by Gasteiger charge is 2.11. The summed E-state index contributed by atoms with van der Waals surface area (Å²) < 4.78 is 11.7. The van der Waals surface area contributed by atoms with Crippen molar-refractivity contribution in [3.8, 4) is 17.4 Å².